The van der Waals surface area contributed by atoms with E-state index in [-0.39, 0.29) is 0 Å². The Morgan fingerprint density at radius 1 is 1.33 bits per heavy atom. The summed E-state index contributed by atoms with van der Waals surface area (Å²) in [5.74, 6) is 0. The quantitative estimate of drug-likeness (QED) is 0.515. The van der Waals surface area contributed by atoms with Gasteiger partial charge >= 0.3 is 0 Å². The van der Waals surface area contributed by atoms with Crippen molar-refractivity contribution >= 4 is 22.1 Å². The number of aromatic nitrogens is 2. The van der Waals surface area contributed by atoms with Crippen LogP contribution in [-0.4, -0.2) is 21.2 Å². The Morgan fingerprint density at radius 2 is 2.07 bits per heavy atom. The molecule has 1 heterocycles. The number of benzene rings is 1. The largest absolute Gasteiger partial charge is 0.411 e. The second-order valence-electron chi connectivity index (χ2n) is 2.89. The van der Waals surface area contributed by atoms with Gasteiger partial charge in [-0.1, -0.05) is 23.4 Å². The second-order valence-corrected chi connectivity index (χ2v) is 3.74. The van der Waals surface area contributed by atoms with E-state index in [1.54, 1.807) is 4.68 Å². The SMILES string of the molecule is ON=Cc1nn(-c2ccccc2)cc1Br. The topological polar surface area (TPSA) is 50.4 Å². The highest BCUT2D eigenvalue weighted by molar-refractivity contribution is 9.10. The predicted octanol–water partition coefficient (Wildman–Crippen LogP) is 2.44. The normalized spacial score (nSPS) is 11.0. The molecule has 0 spiro atoms. The summed E-state index contributed by atoms with van der Waals surface area (Å²) in [7, 11) is 0. The van der Waals surface area contributed by atoms with Crippen LogP contribution in [0.2, 0.25) is 0 Å². The molecule has 0 unspecified atom stereocenters. The van der Waals surface area contributed by atoms with Gasteiger partial charge in [-0.25, -0.2) is 4.68 Å². The summed E-state index contributed by atoms with van der Waals surface area (Å²) in [6.45, 7) is 0. The number of halogens is 1. The standard InChI is InChI=1S/C10H8BrN3O/c11-9-7-14(13-10(9)6-12-15)8-4-2-1-3-5-8/h1-7,15H. The van der Waals surface area contributed by atoms with Crippen LogP contribution in [0, 0.1) is 0 Å². The van der Waals surface area contributed by atoms with Gasteiger partial charge in [0.05, 0.1) is 16.4 Å². The Bertz CT molecular complexity index is 479. The van der Waals surface area contributed by atoms with Crippen LogP contribution in [0.3, 0.4) is 0 Å². The zero-order valence-corrected chi connectivity index (χ0v) is 9.29. The summed E-state index contributed by atoms with van der Waals surface area (Å²) in [5, 5.41) is 15.6. The number of hydrogen-bond acceptors (Lipinski definition) is 3. The van der Waals surface area contributed by atoms with Gasteiger partial charge in [0, 0.05) is 6.20 Å². The van der Waals surface area contributed by atoms with E-state index in [2.05, 4.69) is 26.2 Å². The highest BCUT2D eigenvalue weighted by Gasteiger charge is 2.05. The Hall–Kier alpha value is -1.62. The first kappa shape index (κ1) is 9.92. The van der Waals surface area contributed by atoms with E-state index in [4.69, 9.17) is 5.21 Å². The third kappa shape index (κ3) is 2.07. The molecule has 5 heteroatoms. The zero-order valence-electron chi connectivity index (χ0n) is 7.71. The van der Waals surface area contributed by atoms with Crippen LogP contribution in [0.5, 0.6) is 0 Å². The minimum absolute atomic E-state index is 0.585. The average molecular weight is 266 g/mol. The molecule has 4 nitrogen and oxygen atoms in total. The van der Waals surface area contributed by atoms with Crippen molar-refractivity contribution in [3.8, 4) is 5.69 Å². The fraction of sp³-hybridized carbons (Fsp3) is 0. The molecule has 0 aliphatic rings. The van der Waals surface area contributed by atoms with Crippen LogP contribution >= 0.6 is 15.9 Å². The molecule has 0 aliphatic carbocycles. The van der Waals surface area contributed by atoms with Gasteiger partial charge in [-0.2, -0.15) is 5.10 Å². The van der Waals surface area contributed by atoms with Crippen molar-refractivity contribution in [3.63, 3.8) is 0 Å². The van der Waals surface area contributed by atoms with Gasteiger partial charge in [-0.3, -0.25) is 0 Å². The van der Waals surface area contributed by atoms with Crippen molar-refractivity contribution in [3.05, 3.63) is 46.7 Å². The number of nitrogens with zero attached hydrogens (tertiary/aromatic N) is 3. The monoisotopic (exact) mass is 265 g/mol. The van der Waals surface area contributed by atoms with Gasteiger partial charge < -0.3 is 5.21 Å². The molecule has 76 valence electrons. The number of oxime groups is 1. The lowest BCUT2D eigenvalue weighted by atomic mass is 10.3. The first-order valence-electron chi connectivity index (χ1n) is 4.29. The van der Waals surface area contributed by atoms with Crippen LogP contribution in [0.15, 0.2) is 46.2 Å². The fourth-order valence-corrected chi connectivity index (χ4v) is 1.60. The molecule has 2 rings (SSSR count). The molecule has 1 aromatic heterocycles. The van der Waals surface area contributed by atoms with Gasteiger partial charge in [0.1, 0.15) is 5.69 Å². The van der Waals surface area contributed by atoms with Gasteiger partial charge in [0.2, 0.25) is 0 Å². The van der Waals surface area contributed by atoms with Crippen LogP contribution in [0.25, 0.3) is 5.69 Å². The fourth-order valence-electron chi connectivity index (χ4n) is 1.22. The van der Waals surface area contributed by atoms with Gasteiger partial charge in [-0.15, -0.1) is 0 Å². The molecule has 15 heavy (non-hydrogen) atoms. The van der Waals surface area contributed by atoms with Crippen LogP contribution < -0.4 is 0 Å². The van der Waals surface area contributed by atoms with Crippen LogP contribution in [0.4, 0.5) is 0 Å². The Morgan fingerprint density at radius 3 is 2.73 bits per heavy atom. The number of para-hydroxylation sites is 1. The van der Waals surface area contributed by atoms with Gasteiger partial charge in [0.25, 0.3) is 0 Å². The maximum Gasteiger partial charge on any atom is 0.121 e. The smallest absolute Gasteiger partial charge is 0.121 e. The van der Waals surface area contributed by atoms with E-state index in [0.717, 1.165) is 10.2 Å². The number of hydrogen-bond donors (Lipinski definition) is 1. The van der Waals surface area contributed by atoms with Gasteiger partial charge in [-0.05, 0) is 28.1 Å². The van der Waals surface area contributed by atoms with Crippen molar-refractivity contribution < 1.29 is 5.21 Å². The molecule has 0 saturated carbocycles. The van der Waals surface area contributed by atoms with Crippen molar-refractivity contribution in [2.24, 2.45) is 5.16 Å². The van der Waals surface area contributed by atoms with Crippen LogP contribution in [-0.2, 0) is 0 Å². The summed E-state index contributed by atoms with van der Waals surface area (Å²) in [6.07, 6.45) is 3.09. The Kier molecular flexibility index (Phi) is 2.82. The third-order valence-electron chi connectivity index (χ3n) is 1.90. The summed E-state index contributed by atoms with van der Waals surface area (Å²) in [5.41, 5.74) is 1.54. The minimum atomic E-state index is 0.585. The average Bonchev–Trinajstić information content (AvgIpc) is 2.63. The highest BCUT2D eigenvalue weighted by Crippen LogP contribution is 2.16. The van der Waals surface area contributed by atoms with E-state index < -0.39 is 0 Å². The molecule has 0 bridgehead atoms. The first-order chi connectivity index (χ1) is 7.31. The summed E-state index contributed by atoms with van der Waals surface area (Å²) in [4.78, 5) is 0. The Balaban J connectivity index is 2.43. The lowest BCUT2D eigenvalue weighted by Gasteiger charge is -1.98. The molecule has 0 aliphatic heterocycles. The molecule has 2 aromatic rings. The minimum Gasteiger partial charge on any atom is -0.411 e. The highest BCUT2D eigenvalue weighted by atomic mass is 79.9. The molecule has 0 atom stereocenters. The van der Waals surface area contributed by atoms with E-state index in [1.165, 1.54) is 6.21 Å². The van der Waals surface area contributed by atoms with Gasteiger partial charge in [0.15, 0.2) is 0 Å². The lowest BCUT2D eigenvalue weighted by molar-refractivity contribution is 0.321. The Labute approximate surface area is 95.0 Å². The second kappa shape index (κ2) is 4.27. The van der Waals surface area contributed by atoms with Crippen molar-refractivity contribution in [1.29, 1.82) is 0 Å². The molecule has 0 saturated heterocycles. The zero-order chi connectivity index (χ0) is 10.7. The molecular formula is C10H8BrN3O. The van der Waals surface area contributed by atoms with E-state index >= 15 is 0 Å². The molecular weight excluding hydrogens is 258 g/mol. The van der Waals surface area contributed by atoms with Crippen LogP contribution in [0.1, 0.15) is 5.69 Å². The molecule has 1 aromatic carbocycles. The maximum atomic E-state index is 8.42. The summed E-state index contributed by atoms with van der Waals surface area (Å²) >= 11 is 3.33. The lowest BCUT2D eigenvalue weighted by Crippen LogP contribution is -1.95. The van der Waals surface area contributed by atoms with Crippen molar-refractivity contribution in [1.82, 2.24) is 9.78 Å². The van der Waals surface area contributed by atoms with E-state index in [1.807, 2.05) is 36.5 Å². The molecule has 1 N–H and O–H groups in total. The van der Waals surface area contributed by atoms with E-state index in [9.17, 15) is 0 Å². The third-order valence-corrected chi connectivity index (χ3v) is 2.51. The van der Waals surface area contributed by atoms with Crippen molar-refractivity contribution in [2.45, 2.75) is 0 Å². The molecule has 0 fully saturated rings. The van der Waals surface area contributed by atoms with Crippen molar-refractivity contribution in [2.75, 3.05) is 0 Å². The molecule has 0 radical (unpaired) electrons. The van der Waals surface area contributed by atoms with E-state index in [0.29, 0.717) is 5.69 Å². The summed E-state index contributed by atoms with van der Waals surface area (Å²) in [6, 6.07) is 9.70. The first-order valence-corrected chi connectivity index (χ1v) is 5.08. The molecule has 0 amide bonds. The number of rotatable bonds is 2. The summed E-state index contributed by atoms with van der Waals surface area (Å²) < 4.78 is 2.49. The predicted molar refractivity (Wildman–Crippen MR) is 60.6 cm³/mol. The maximum absolute atomic E-state index is 8.42.